The van der Waals surface area contributed by atoms with Gasteiger partial charge >= 0.3 is 12.1 Å². The van der Waals surface area contributed by atoms with E-state index in [1.807, 2.05) is 6.92 Å². The van der Waals surface area contributed by atoms with E-state index < -0.39 is 17.6 Å². The lowest BCUT2D eigenvalue weighted by molar-refractivity contribution is -0.146. The minimum absolute atomic E-state index is 0.126. The van der Waals surface area contributed by atoms with E-state index in [1.165, 1.54) is 7.11 Å². The Hall–Kier alpha value is -1.83. The largest absolute Gasteiger partial charge is 0.469 e. The van der Waals surface area contributed by atoms with Crippen LogP contribution in [0.3, 0.4) is 0 Å². The van der Waals surface area contributed by atoms with Gasteiger partial charge in [-0.3, -0.25) is 9.59 Å². The van der Waals surface area contributed by atoms with E-state index in [9.17, 15) is 14.4 Å². The molecule has 0 spiro atoms. The molecule has 1 aliphatic rings. The van der Waals surface area contributed by atoms with E-state index in [1.54, 1.807) is 37.5 Å². The van der Waals surface area contributed by atoms with Crippen molar-refractivity contribution in [1.82, 2.24) is 9.80 Å². The first-order valence-electron chi connectivity index (χ1n) is 9.02. The van der Waals surface area contributed by atoms with Crippen molar-refractivity contribution in [1.29, 1.82) is 0 Å². The Morgan fingerprint density at radius 3 is 2.50 bits per heavy atom. The molecule has 1 saturated heterocycles. The fourth-order valence-electron chi connectivity index (χ4n) is 2.73. The quantitative estimate of drug-likeness (QED) is 0.660. The standard InChI is InChI=1S/C18H32N2O6/c1-7-19(11-13(2)16(22)24-6)15(21)10-14-12-25-9-8-20(14)17(23)26-18(3,4)5/h13-14H,7-12H2,1-6H3/t13-,14-/m0/s1. The number of carbonyl (C=O) groups is 3. The van der Waals surface area contributed by atoms with E-state index >= 15 is 0 Å². The summed E-state index contributed by atoms with van der Waals surface area (Å²) >= 11 is 0. The van der Waals surface area contributed by atoms with Crippen LogP contribution in [0.2, 0.25) is 0 Å². The molecule has 26 heavy (non-hydrogen) atoms. The van der Waals surface area contributed by atoms with Crippen molar-refractivity contribution in [2.75, 3.05) is 40.0 Å². The average Bonchev–Trinajstić information content (AvgIpc) is 2.57. The van der Waals surface area contributed by atoms with Gasteiger partial charge in [-0.05, 0) is 27.7 Å². The smallest absolute Gasteiger partial charge is 0.410 e. The summed E-state index contributed by atoms with van der Waals surface area (Å²) in [6.45, 7) is 10.8. The lowest BCUT2D eigenvalue weighted by atomic mass is 10.1. The molecule has 2 amide bonds. The van der Waals surface area contributed by atoms with Crippen molar-refractivity contribution in [3.8, 4) is 0 Å². The zero-order chi connectivity index (χ0) is 19.9. The van der Waals surface area contributed by atoms with Gasteiger partial charge in [-0.1, -0.05) is 6.92 Å². The molecule has 150 valence electrons. The number of hydrogen-bond acceptors (Lipinski definition) is 6. The fourth-order valence-corrected chi connectivity index (χ4v) is 2.73. The summed E-state index contributed by atoms with van der Waals surface area (Å²) in [6, 6.07) is -0.381. The molecule has 2 atom stereocenters. The van der Waals surface area contributed by atoms with Crippen molar-refractivity contribution in [2.24, 2.45) is 5.92 Å². The highest BCUT2D eigenvalue weighted by Crippen LogP contribution is 2.18. The van der Waals surface area contributed by atoms with E-state index in [0.29, 0.717) is 19.7 Å². The molecule has 0 aliphatic carbocycles. The number of hydrogen-bond donors (Lipinski definition) is 0. The molecular weight excluding hydrogens is 340 g/mol. The predicted octanol–water partition coefficient (Wildman–Crippen LogP) is 1.67. The summed E-state index contributed by atoms with van der Waals surface area (Å²) in [7, 11) is 1.33. The molecule has 8 heteroatoms. The number of morpholine rings is 1. The molecule has 1 fully saturated rings. The van der Waals surface area contributed by atoms with Gasteiger partial charge in [0.05, 0.1) is 32.3 Å². The third-order valence-corrected chi connectivity index (χ3v) is 4.10. The maximum Gasteiger partial charge on any atom is 0.410 e. The summed E-state index contributed by atoms with van der Waals surface area (Å²) < 4.78 is 15.6. The van der Waals surface area contributed by atoms with Crippen LogP contribution in [0.15, 0.2) is 0 Å². The highest BCUT2D eigenvalue weighted by Gasteiger charge is 2.33. The van der Waals surface area contributed by atoms with E-state index in [0.717, 1.165) is 0 Å². The molecule has 0 saturated carbocycles. The summed E-state index contributed by atoms with van der Waals surface area (Å²) in [5.41, 5.74) is -0.602. The molecule has 0 unspecified atom stereocenters. The van der Waals surface area contributed by atoms with Gasteiger partial charge in [-0.25, -0.2) is 4.79 Å². The summed E-state index contributed by atoms with van der Waals surface area (Å²) in [5.74, 6) is -0.895. The highest BCUT2D eigenvalue weighted by atomic mass is 16.6. The van der Waals surface area contributed by atoms with E-state index in [4.69, 9.17) is 14.2 Å². The number of methoxy groups -OCH3 is 1. The minimum Gasteiger partial charge on any atom is -0.469 e. The maximum absolute atomic E-state index is 12.7. The fraction of sp³-hybridized carbons (Fsp3) is 0.833. The topological polar surface area (TPSA) is 85.4 Å². The van der Waals surface area contributed by atoms with Gasteiger partial charge in [0.15, 0.2) is 0 Å². The first-order chi connectivity index (χ1) is 12.1. The molecule has 1 heterocycles. The van der Waals surface area contributed by atoms with Gasteiger partial charge < -0.3 is 24.0 Å². The van der Waals surface area contributed by atoms with Crippen LogP contribution in [-0.2, 0) is 23.8 Å². The van der Waals surface area contributed by atoms with Crippen LogP contribution in [-0.4, -0.2) is 79.4 Å². The Bertz CT molecular complexity index is 502. The van der Waals surface area contributed by atoms with Crippen LogP contribution in [0, 0.1) is 5.92 Å². The Kier molecular flexibility index (Phi) is 8.33. The van der Waals surface area contributed by atoms with Gasteiger partial charge in [0, 0.05) is 26.1 Å². The summed E-state index contributed by atoms with van der Waals surface area (Å²) in [6.07, 6.45) is -0.314. The Morgan fingerprint density at radius 1 is 1.31 bits per heavy atom. The minimum atomic E-state index is -0.602. The third kappa shape index (κ3) is 6.82. The van der Waals surface area contributed by atoms with Gasteiger partial charge in [-0.2, -0.15) is 0 Å². The lowest BCUT2D eigenvalue weighted by Gasteiger charge is -2.37. The normalized spacial score (nSPS) is 18.8. The second-order valence-electron chi connectivity index (χ2n) is 7.46. The van der Waals surface area contributed by atoms with Crippen LogP contribution in [0.5, 0.6) is 0 Å². The average molecular weight is 372 g/mol. The van der Waals surface area contributed by atoms with Crippen molar-refractivity contribution in [3.63, 3.8) is 0 Å². The van der Waals surface area contributed by atoms with Gasteiger partial charge in [0.1, 0.15) is 5.60 Å². The third-order valence-electron chi connectivity index (χ3n) is 4.10. The Labute approximate surface area is 155 Å². The lowest BCUT2D eigenvalue weighted by Crippen LogP contribution is -2.52. The first kappa shape index (κ1) is 22.2. The van der Waals surface area contributed by atoms with Crippen LogP contribution >= 0.6 is 0 Å². The van der Waals surface area contributed by atoms with Gasteiger partial charge in [0.2, 0.25) is 5.91 Å². The van der Waals surface area contributed by atoms with Crippen molar-refractivity contribution >= 4 is 18.0 Å². The number of nitrogens with zero attached hydrogens (tertiary/aromatic N) is 2. The molecule has 8 nitrogen and oxygen atoms in total. The molecule has 0 N–H and O–H groups in total. The second-order valence-corrected chi connectivity index (χ2v) is 7.46. The van der Waals surface area contributed by atoms with E-state index in [-0.39, 0.29) is 37.5 Å². The molecule has 0 bridgehead atoms. The zero-order valence-corrected chi connectivity index (χ0v) is 16.7. The summed E-state index contributed by atoms with van der Waals surface area (Å²) in [5, 5.41) is 0. The molecule has 0 aromatic carbocycles. The first-order valence-corrected chi connectivity index (χ1v) is 9.02. The second kappa shape index (κ2) is 9.75. The monoisotopic (exact) mass is 372 g/mol. The maximum atomic E-state index is 12.7. The van der Waals surface area contributed by atoms with Crippen LogP contribution in [0.1, 0.15) is 41.0 Å². The molecule has 0 aromatic rings. The van der Waals surface area contributed by atoms with Crippen LogP contribution < -0.4 is 0 Å². The van der Waals surface area contributed by atoms with Crippen molar-refractivity contribution in [3.05, 3.63) is 0 Å². The highest BCUT2D eigenvalue weighted by molar-refractivity contribution is 5.79. The number of carbonyl (C=O) groups excluding carboxylic acids is 3. The SMILES string of the molecule is CCN(C[C@H](C)C(=O)OC)C(=O)C[C@H]1COCCN1C(=O)OC(C)(C)C. The van der Waals surface area contributed by atoms with Gasteiger partial charge in [0.25, 0.3) is 0 Å². The van der Waals surface area contributed by atoms with Crippen molar-refractivity contribution < 1.29 is 28.6 Å². The molecule has 1 rings (SSSR count). The van der Waals surface area contributed by atoms with Gasteiger partial charge in [-0.15, -0.1) is 0 Å². The summed E-state index contributed by atoms with van der Waals surface area (Å²) in [4.78, 5) is 39.9. The number of esters is 1. The number of amides is 2. The molecule has 0 radical (unpaired) electrons. The Morgan fingerprint density at radius 2 is 1.96 bits per heavy atom. The number of rotatable bonds is 6. The van der Waals surface area contributed by atoms with Crippen LogP contribution in [0.25, 0.3) is 0 Å². The molecule has 1 aliphatic heterocycles. The predicted molar refractivity (Wildman–Crippen MR) is 95.6 cm³/mol. The van der Waals surface area contributed by atoms with Crippen LogP contribution in [0.4, 0.5) is 4.79 Å². The Balaban J connectivity index is 2.73. The number of ether oxygens (including phenoxy) is 3. The zero-order valence-electron chi connectivity index (χ0n) is 16.7. The van der Waals surface area contributed by atoms with Crippen molar-refractivity contribution in [2.45, 2.75) is 52.7 Å². The van der Waals surface area contributed by atoms with E-state index in [2.05, 4.69) is 0 Å². The molecule has 0 aromatic heterocycles. The molecular formula is C18H32N2O6.